The molecule has 1 aromatic rings. The van der Waals surface area contributed by atoms with E-state index < -0.39 is 0 Å². The van der Waals surface area contributed by atoms with Crippen molar-refractivity contribution in [3.05, 3.63) is 11.9 Å². The Balaban J connectivity index is 3.11. The van der Waals surface area contributed by atoms with Crippen LogP contribution in [0, 0.1) is 0 Å². The molecule has 6 heteroatoms. The van der Waals surface area contributed by atoms with Gasteiger partial charge in [0.15, 0.2) is 0 Å². The van der Waals surface area contributed by atoms with E-state index in [9.17, 15) is 4.79 Å². The van der Waals surface area contributed by atoms with Crippen molar-refractivity contribution >= 4 is 17.5 Å². The normalized spacial score (nSPS) is 10.7. The summed E-state index contributed by atoms with van der Waals surface area (Å²) in [6.07, 6.45) is 2.82. The van der Waals surface area contributed by atoms with Crippen molar-refractivity contribution in [1.29, 1.82) is 0 Å². The number of hydrogen-bond donors (Lipinski definition) is 2. The summed E-state index contributed by atoms with van der Waals surface area (Å²) in [4.78, 5) is 22.3. The number of carbonyl (C=O) groups is 1. The molecule has 0 unspecified atom stereocenters. The molecule has 0 aromatic carbocycles. The topological polar surface area (TPSA) is 84.1 Å². The van der Waals surface area contributed by atoms with Crippen LogP contribution in [-0.4, -0.2) is 35.0 Å². The van der Waals surface area contributed by atoms with Crippen LogP contribution in [0.3, 0.4) is 0 Å². The maximum Gasteiger partial charge on any atom is 0.237 e. The van der Waals surface area contributed by atoms with Crippen molar-refractivity contribution in [2.75, 3.05) is 23.3 Å². The largest absolute Gasteiger partial charge is 0.370 e. The Bertz CT molecular complexity index is 461. The quantitative estimate of drug-likeness (QED) is 0.727. The van der Waals surface area contributed by atoms with Gasteiger partial charge in [0.25, 0.3) is 0 Å². The maximum atomic E-state index is 11.3. The molecular formula is C15H27N5O. The Kier molecular flexibility index (Phi) is 6.91. The third kappa shape index (κ3) is 5.57. The van der Waals surface area contributed by atoms with Crippen LogP contribution in [0.2, 0.25) is 0 Å². The van der Waals surface area contributed by atoms with E-state index >= 15 is 0 Å². The highest BCUT2D eigenvalue weighted by Gasteiger charge is 2.16. The zero-order valence-electron chi connectivity index (χ0n) is 13.5. The third-order valence-electron chi connectivity index (χ3n) is 3.03. The molecule has 1 heterocycles. The molecule has 0 atom stereocenters. The summed E-state index contributed by atoms with van der Waals surface area (Å²) >= 11 is 0. The number of anilines is 2. The summed E-state index contributed by atoms with van der Waals surface area (Å²) in [6.45, 7) is 9.26. The number of primary amides is 1. The van der Waals surface area contributed by atoms with Crippen LogP contribution < -0.4 is 16.0 Å². The van der Waals surface area contributed by atoms with Crippen LogP contribution in [-0.2, 0) is 11.2 Å². The van der Waals surface area contributed by atoms with Gasteiger partial charge in [-0.15, -0.1) is 0 Å². The van der Waals surface area contributed by atoms with Gasteiger partial charge in [-0.1, -0.05) is 13.8 Å². The van der Waals surface area contributed by atoms with Crippen LogP contribution in [0.25, 0.3) is 0 Å². The number of nitrogens with zero attached hydrogens (tertiary/aromatic N) is 3. The lowest BCUT2D eigenvalue weighted by Crippen LogP contribution is -2.39. The molecule has 1 amide bonds. The molecule has 3 N–H and O–H groups in total. The molecule has 0 aliphatic heterocycles. The van der Waals surface area contributed by atoms with Gasteiger partial charge in [-0.25, -0.2) is 9.97 Å². The molecule has 0 saturated carbocycles. The molecule has 118 valence electrons. The Morgan fingerprint density at radius 3 is 2.57 bits per heavy atom. The molecule has 21 heavy (non-hydrogen) atoms. The Hall–Kier alpha value is -1.85. The molecule has 6 nitrogen and oxygen atoms in total. The lowest BCUT2D eigenvalue weighted by Gasteiger charge is -2.27. The second-order valence-corrected chi connectivity index (χ2v) is 5.39. The van der Waals surface area contributed by atoms with E-state index in [2.05, 4.69) is 29.1 Å². The van der Waals surface area contributed by atoms with E-state index in [4.69, 9.17) is 5.73 Å². The minimum absolute atomic E-state index is 0.140. The van der Waals surface area contributed by atoms with Crippen molar-refractivity contribution in [1.82, 2.24) is 9.97 Å². The first-order chi connectivity index (χ1) is 9.97. The Morgan fingerprint density at radius 1 is 1.33 bits per heavy atom. The summed E-state index contributed by atoms with van der Waals surface area (Å²) in [5, 5.41) is 3.29. The monoisotopic (exact) mass is 293 g/mol. The lowest BCUT2D eigenvalue weighted by molar-refractivity contribution is -0.116. The second kappa shape index (κ2) is 8.44. The smallest absolute Gasteiger partial charge is 0.237 e. The number of hydrogen-bond acceptors (Lipinski definition) is 5. The fourth-order valence-electron chi connectivity index (χ4n) is 2.01. The average molecular weight is 293 g/mol. The lowest BCUT2D eigenvalue weighted by atomic mass is 10.2. The highest BCUT2D eigenvalue weighted by Crippen LogP contribution is 2.19. The van der Waals surface area contributed by atoms with E-state index in [1.807, 2.05) is 24.8 Å². The number of aryl methyl sites for hydroxylation is 1. The predicted octanol–water partition coefficient (Wildman–Crippen LogP) is 1.95. The zero-order chi connectivity index (χ0) is 15.8. The molecule has 1 rings (SSSR count). The average Bonchev–Trinajstić information content (AvgIpc) is 2.42. The molecule has 0 aliphatic carbocycles. The fourth-order valence-corrected chi connectivity index (χ4v) is 2.01. The van der Waals surface area contributed by atoms with E-state index in [0.29, 0.717) is 0 Å². The number of aromatic nitrogens is 2. The van der Waals surface area contributed by atoms with Crippen molar-refractivity contribution in [2.24, 2.45) is 5.73 Å². The van der Waals surface area contributed by atoms with Crippen LogP contribution >= 0.6 is 0 Å². The van der Waals surface area contributed by atoms with Crippen molar-refractivity contribution in [2.45, 2.75) is 53.0 Å². The Labute approximate surface area is 127 Å². The van der Waals surface area contributed by atoms with Gasteiger partial charge in [-0.2, -0.15) is 0 Å². The van der Waals surface area contributed by atoms with Gasteiger partial charge >= 0.3 is 0 Å². The molecule has 0 aliphatic rings. The van der Waals surface area contributed by atoms with Crippen LogP contribution in [0.1, 0.15) is 46.4 Å². The summed E-state index contributed by atoms with van der Waals surface area (Å²) in [5.41, 5.74) is 5.34. The molecular weight excluding hydrogens is 266 g/mol. The van der Waals surface area contributed by atoms with Crippen molar-refractivity contribution < 1.29 is 4.79 Å². The van der Waals surface area contributed by atoms with E-state index in [1.54, 1.807) is 0 Å². The second-order valence-electron chi connectivity index (χ2n) is 5.39. The van der Waals surface area contributed by atoms with Gasteiger partial charge in [0.05, 0.1) is 6.54 Å². The van der Waals surface area contributed by atoms with Crippen molar-refractivity contribution in [3.8, 4) is 0 Å². The number of carbonyl (C=O) groups excluding carboxylic acids is 1. The maximum absolute atomic E-state index is 11.3. The Morgan fingerprint density at radius 2 is 2.05 bits per heavy atom. The third-order valence-corrected chi connectivity index (χ3v) is 3.03. The minimum atomic E-state index is -0.359. The molecule has 1 aromatic heterocycles. The van der Waals surface area contributed by atoms with Crippen LogP contribution in [0.5, 0.6) is 0 Å². The molecule has 0 fully saturated rings. The molecule has 0 saturated heterocycles. The van der Waals surface area contributed by atoms with Gasteiger partial charge in [0.2, 0.25) is 5.91 Å². The summed E-state index contributed by atoms with van der Waals surface area (Å²) in [7, 11) is 0. The van der Waals surface area contributed by atoms with Gasteiger partial charge in [0, 0.05) is 25.1 Å². The number of rotatable bonds is 9. The zero-order valence-corrected chi connectivity index (χ0v) is 13.5. The van der Waals surface area contributed by atoms with Gasteiger partial charge in [-0.3, -0.25) is 4.79 Å². The van der Waals surface area contributed by atoms with E-state index in [1.165, 1.54) is 0 Å². The number of nitrogens with one attached hydrogen (secondary N) is 1. The molecule has 0 bridgehead atoms. The van der Waals surface area contributed by atoms with Gasteiger partial charge < -0.3 is 16.0 Å². The first kappa shape index (κ1) is 17.2. The van der Waals surface area contributed by atoms with E-state index in [-0.39, 0.29) is 18.5 Å². The number of amides is 1. The number of nitrogens with two attached hydrogens (primary N) is 1. The summed E-state index contributed by atoms with van der Waals surface area (Å²) in [5.74, 6) is 1.99. The highest BCUT2D eigenvalue weighted by molar-refractivity contribution is 5.79. The predicted molar refractivity (Wildman–Crippen MR) is 86.5 cm³/mol. The first-order valence-corrected chi connectivity index (χ1v) is 7.64. The summed E-state index contributed by atoms with van der Waals surface area (Å²) < 4.78 is 0. The van der Waals surface area contributed by atoms with E-state index in [0.717, 1.165) is 43.3 Å². The molecule has 0 spiro atoms. The highest BCUT2D eigenvalue weighted by atomic mass is 16.1. The summed E-state index contributed by atoms with van der Waals surface area (Å²) in [6, 6.07) is 2.03. The van der Waals surface area contributed by atoms with Crippen molar-refractivity contribution in [3.63, 3.8) is 0 Å². The SMILES string of the molecule is CCCNc1cc(N(CC(N)=O)C(C)C)nc(CCC)n1. The van der Waals surface area contributed by atoms with Gasteiger partial charge in [0.1, 0.15) is 17.5 Å². The first-order valence-electron chi connectivity index (χ1n) is 7.64. The standard InChI is InChI=1S/C15H27N5O/c1-5-7-13-18-14(17-8-6-2)9-15(19-13)20(11(3)4)10-12(16)21/h9,11H,5-8,10H2,1-4H3,(H2,16,21)(H,17,18,19). The minimum Gasteiger partial charge on any atom is -0.370 e. The van der Waals surface area contributed by atoms with Crippen LogP contribution in [0.15, 0.2) is 6.07 Å². The fraction of sp³-hybridized carbons (Fsp3) is 0.667. The molecule has 0 radical (unpaired) electrons. The van der Waals surface area contributed by atoms with Gasteiger partial charge in [-0.05, 0) is 26.7 Å². The van der Waals surface area contributed by atoms with Crippen LogP contribution in [0.4, 0.5) is 11.6 Å².